The summed E-state index contributed by atoms with van der Waals surface area (Å²) in [7, 11) is 2.06. The highest BCUT2D eigenvalue weighted by atomic mass is 16.5. The van der Waals surface area contributed by atoms with Gasteiger partial charge in [-0.25, -0.2) is 4.99 Å². The van der Waals surface area contributed by atoms with E-state index < -0.39 is 0 Å². The predicted molar refractivity (Wildman–Crippen MR) is 104 cm³/mol. The van der Waals surface area contributed by atoms with Crippen molar-refractivity contribution < 1.29 is 4.74 Å². The molecule has 1 aromatic carbocycles. The van der Waals surface area contributed by atoms with Crippen molar-refractivity contribution in [3.8, 4) is 5.75 Å². The summed E-state index contributed by atoms with van der Waals surface area (Å²) in [5.74, 6) is 1.61. The van der Waals surface area contributed by atoms with E-state index in [0.29, 0.717) is 16.7 Å². The first-order chi connectivity index (χ1) is 11.1. The second kappa shape index (κ2) is 6.78. The fourth-order valence-corrected chi connectivity index (χ4v) is 3.56. The lowest BCUT2D eigenvalue weighted by Crippen LogP contribution is -2.16. The van der Waals surface area contributed by atoms with Crippen LogP contribution in [0.1, 0.15) is 52.2 Å². The molecule has 1 saturated carbocycles. The van der Waals surface area contributed by atoms with Gasteiger partial charge in [0.1, 0.15) is 5.75 Å². The van der Waals surface area contributed by atoms with Crippen LogP contribution in [0.4, 0.5) is 5.69 Å². The van der Waals surface area contributed by atoms with E-state index in [0.717, 1.165) is 42.1 Å². The average molecular weight is 331 g/mol. The smallest absolute Gasteiger partial charge is 0.122 e. The van der Waals surface area contributed by atoms with E-state index in [1.54, 1.807) is 0 Å². The lowest BCUT2D eigenvalue weighted by Gasteiger charge is -2.14. The molecule has 3 heteroatoms. The average Bonchev–Trinajstić information content (AvgIpc) is 2.88. The highest BCUT2D eigenvalue weighted by Gasteiger charge is 2.64. The summed E-state index contributed by atoms with van der Waals surface area (Å²) < 4.78 is 6.17. The molecule has 0 heterocycles. The third kappa shape index (κ3) is 3.60. The van der Waals surface area contributed by atoms with Crippen molar-refractivity contribution in [2.45, 2.75) is 54.9 Å². The Labute approximate surface area is 148 Å². The quantitative estimate of drug-likeness (QED) is 0.496. The highest BCUT2D eigenvalue weighted by molar-refractivity contribution is 5.64. The van der Waals surface area contributed by atoms with Crippen LogP contribution in [0.25, 0.3) is 0 Å². The summed E-state index contributed by atoms with van der Waals surface area (Å²) >= 11 is 0. The molecule has 0 saturated heterocycles. The van der Waals surface area contributed by atoms with Gasteiger partial charge in [-0.05, 0) is 54.4 Å². The molecule has 1 aromatic rings. The fourth-order valence-electron chi connectivity index (χ4n) is 3.56. The lowest BCUT2D eigenvalue weighted by atomic mass is 10.0. The highest BCUT2D eigenvalue weighted by Crippen LogP contribution is 2.68. The molecule has 0 N–H and O–H groups in total. The van der Waals surface area contributed by atoms with Gasteiger partial charge in [-0.1, -0.05) is 34.6 Å². The van der Waals surface area contributed by atoms with Crippen LogP contribution < -0.4 is 4.74 Å². The number of aliphatic imine (C=N–C) groups is 1. The second-order valence-electron chi connectivity index (χ2n) is 8.44. The summed E-state index contributed by atoms with van der Waals surface area (Å²) in [4.78, 5) is 6.75. The molecule has 0 atom stereocenters. The molecule has 24 heavy (non-hydrogen) atoms. The summed E-state index contributed by atoms with van der Waals surface area (Å²) in [5.41, 5.74) is 4.07. The largest absolute Gasteiger partial charge is 0.493 e. The van der Waals surface area contributed by atoms with Crippen LogP contribution in [0.2, 0.25) is 0 Å². The molecule has 0 amide bonds. The van der Waals surface area contributed by atoms with Gasteiger partial charge in [0.15, 0.2) is 0 Å². The van der Waals surface area contributed by atoms with Crippen molar-refractivity contribution in [1.82, 2.24) is 4.90 Å². The van der Waals surface area contributed by atoms with E-state index >= 15 is 0 Å². The van der Waals surface area contributed by atoms with Crippen LogP contribution in [-0.4, -0.2) is 31.4 Å². The van der Waals surface area contributed by atoms with E-state index in [2.05, 4.69) is 77.5 Å². The van der Waals surface area contributed by atoms with Gasteiger partial charge in [0.2, 0.25) is 0 Å². The van der Waals surface area contributed by atoms with Crippen molar-refractivity contribution in [3.63, 3.8) is 0 Å². The standard InChI is InChI=1S/C21H34N2O/c1-9-10-23(8)14-22-17-11-16(3)18(12-15(17)2)24-13-19-20(4,5)21(19,6)7/h11-12,14,19H,9-10,13H2,1-8H3/b22-14+. The van der Waals surface area contributed by atoms with Crippen molar-refractivity contribution in [2.75, 3.05) is 20.2 Å². The number of rotatable bonds is 7. The third-order valence-corrected chi connectivity index (χ3v) is 6.19. The number of nitrogens with zero attached hydrogens (tertiary/aromatic N) is 2. The predicted octanol–water partition coefficient (Wildman–Crippen LogP) is 5.37. The Balaban J connectivity index is 2.05. The molecule has 0 radical (unpaired) electrons. The minimum absolute atomic E-state index is 0.365. The van der Waals surface area contributed by atoms with Gasteiger partial charge in [-0.2, -0.15) is 0 Å². The van der Waals surface area contributed by atoms with E-state index in [4.69, 9.17) is 4.74 Å². The maximum Gasteiger partial charge on any atom is 0.122 e. The zero-order valence-electron chi connectivity index (χ0n) is 16.7. The maximum atomic E-state index is 6.17. The van der Waals surface area contributed by atoms with Gasteiger partial charge in [0.25, 0.3) is 0 Å². The van der Waals surface area contributed by atoms with Gasteiger partial charge in [-0.15, -0.1) is 0 Å². The van der Waals surface area contributed by atoms with Crippen LogP contribution in [-0.2, 0) is 0 Å². The minimum Gasteiger partial charge on any atom is -0.493 e. The zero-order chi connectivity index (χ0) is 18.1. The Morgan fingerprint density at radius 1 is 1.12 bits per heavy atom. The number of benzene rings is 1. The van der Waals surface area contributed by atoms with Gasteiger partial charge < -0.3 is 9.64 Å². The van der Waals surface area contributed by atoms with E-state index in [1.807, 2.05) is 6.34 Å². The van der Waals surface area contributed by atoms with Gasteiger partial charge in [0.05, 0.1) is 18.6 Å². The van der Waals surface area contributed by atoms with Crippen molar-refractivity contribution in [3.05, 3.63) is 23.3 Å². The Morgan fingerprint density at radius 2 is 1.75 bits per heavy atom. The molecule has 0 bridgehead atoms. The van der Waals surface area contributed by atoms with Crippen molar-refractivity contribution in [1.29, 1.82) is 0 Å². The van der Waals surface area contributed by atoms with Crippen LogP contribution >= 0.6 is 0 Å². The number of ether oxygens (including phenoxy) is 1. The summed E-state index contributed by atoms with van der Waals surface area (Å²) in [6, 6.07) is 4.26. The zero-order valence-corrected chi connectivity index (χ0v) is 16.7. The molecule has 2 rings (SSSR count). The Kier molecular flexibility index (Phi) is 5.31. The van der Waals surface area contributed by atoms with Crippen LogP contribution in [0.3, 0.4) is 0 Å². The van der Waals surface area contributed by atoms with Gasteiger partial charge >= 0.3 is 0 Å². The molecule has 0 aromatic heterocycles. The van der Waals surface area contributed by atoms with E-state index in [9.17, 15) is 0 Å². The SMILES string of the molecule is CCCN(C)/C=N/c1cc(C)c(OCC2C(C)(C)C2(C)C)cc1C. The first-order valence-electron chi connectivity index (χ1n) is 9.09. The first kappa shape index (κ1) is 18.8. The molecule has 0 spiro atoms. The van der Waals surface area contributed by atoms with Crippen LogP contribution in [0, 0.1) is 30.6 Å². The fraction of sp³-hybridized carbons (Fsp3) is 0.667. The third-order valence-electron chi connectivity index (χ3n) is 6.19. The maximum absolute atomic E-state index is 6.17. The molecule has 1 aliphatic rings. The molecule has 0 aliphatic heterocycles. The molecule has 134 valence electrons. The van der Waals surface area contributed by atoms with E-state index in [1.165, 1.54) is 0 Å². The molecule has 1 fully saturated rings. The van der Waals surface area contributed by atoms with Gasteiger partial charge in [-0.3, -0.25) is 0 Å². The molecular formula is C21H34N2O. The van der Waals surface area contributed by atoms with Crippen molar-refractivity contribution >= 4 is 12.0 Å². The van der Waals surface area contributed by atoms with Crippen LogP contribution in [0.15, 0.2) is 17.1 Å². The molecular weight excluding hydrogens is 296 g/mol. The van der Waals surface area contributed by atoms with Crippen LogP contribution in [0.5, 0.6) is 5.75 Å². The normalized spacial score (nSPS) is 18.8. The van der Waals surface area contributed by atoms with Gasteiger partial charge in [0, 0.05) is 19.5 Å². The number of hydrogen-bond donors (Lipinski definition) is 0. The summed E-state index contributed by atoms with van der Waals surface area (Å²) in [6.07, 6.45) is 3.04. The number of hydrogen-bond acceptors (Lipinski definition) is 2. The summed E-state index contributed by atoms with van der Waals surface area (Å²) in [5, 5.41) is 0. The lowest BCUT2D eigenvalue weighted by molar-refractivity contribution is 0.271. The first-order valence-corrected chi connectivity index (χ1v) is 9.09. The topological polar surface area (TPSA) is 24.8 Å². The monoisotopic (exact) mass is 330 g/mol. The number of aryl methyl sites for hydroxylation is 2. The summed E-state index contributed by atoms with van der Waals surface area (Å²) in [6.45, 7) is 17.5. The Hall–Kier alpha value is -1.51. The minimum atomic E-state index is 0.365. The Morgan fingerprint density at radius 3 is 2.29 bits per heavy atom. The molecule has 0 unspecified atom stereocenters. The second-order valence-corrected chi connectivity index (χ2v) is 8.44. The van der Waals surface area contributed by atoms with Crippen molar-refractivity contribution in [2.24, 2.45) is 21.7 Å². The molecule has 1 aliphatic carbocycles. The Bertz CT molecular complexity index is 603. The van der Waals surface area contributed by atoms with E-state index in [-0.39, 0.29) is 0 Å². The molecule has 3 nitrogen and oxygen atoms in total.